The summed E-state index contributed by atoms with van der Waals surface area (Å²) in [4.78, 5) is 26.3. The summed E-state index contributed by atoms with van der Waals surface area (Å²) >= 11 is 0. The molecule has 3 aromatic heterocycles. The minimum atomic E-state index is -4.64. The maximum absolute atomic E-state index is 13.6. The van der Waals surface area contributed by atoms with Crippen molar-refractivity contribution < 1.29 is 27.1 Å². The van der Waals surface area contributed by atoms with E-state index in [1.54, 1.807) is 11.0 Å². The number of anilines is 1. The van der Waals surface area contributed by atoms with Gasteiger partial charge >= 0.3 is 6.18 Å². The Morgan fingerprint density at radius 1 is 1.31 bits per heavy atom. The second kappa shape index (κ2) is 9.15. The van der Waals surface area contributed by atoms with Gasteiger partial charge in [0, 0.05) is 48.3 Å². The number of methoxy groups -OCH3 is 1. The van der Waals surface area contributed by atoms with E-state index in [-0.39, 0.29) is 23.3 Å². The number of carbonyl (C=O) groups is 1. The summed E-state index contributed by atoms with van der Waals surface area (Å²) in [6.07, 6.45) is 1.08. The zero-order valence-corrected chi connectivity index (χ0v) is 18.6. The van der Waals surface area contributed by atoms with Gasteiger partial charge in [-0.3, -0.25) is 20.4 Å². The van der Waals surface area contributed by atoms with Crippen LogP contribution < -0.4 is 20.7 Å². The molecule has 1 amide bonds. The molecule has 10 nitrogen and oxygen atoms in total. The topological polar surface area (TPSA) is 117 Å². The number of halogens is 3. The van der Waals surface area contributed by atoms with Gasteiger partial charge in [0.15, 0.2) is 6.39 Å². The van der Waals surface area contributed by atoms with Crippen molar-refractivity contribution in [3.05, 3.63) is 54.0 Å². The average molecular weight is 489 g/mol. The van der Waals surface area contributed by atoms with Crippen molar-refractivity contribution in [3.63, 3.8) is 0 Å². The van der Waals surface area contributed by atoms with Crippen molar-refractivity contribution in [1.29, 1.82) is 0 Å². The number of fused-ring (bicyclic) bond motifs is 1. The molecule has 1 saturated heterocycles. The van der Waals surface area contributed by atoms with Crippen molar-refractivity contribution in [2.45, 2.75) is 24.8 Å². The van der Waals surface area contributed by atoms with Gasteiger partial charge in [-0.25, -0.2) is 9.97 Å². The van der Waals surface area contributed by atoms with Crippen LogP contribution in [-0.4, -0.2) is 58.7 Å². The number of alkyl halides is 3. The minimum absolute atomic E-state index is 0.0573. The second-order valence-corrected chi connectivity index (χ2v) is 8.16. The van der Waals surface area contributed by atoms with E-state index in [4.69, 9.17) is 9.15 Å². The lowest BCUT2D eigenvalue weighted by molar-refractivity contribution is -0.139. The van der Waals surface area contributed by atoms with Crippen LogP contribution in [0.2, 0.25) is 0 Å². The second-order valence-electron chi connectivity index (χ2n) is 8.16. The first kappa shape index (κ1) is 23.1. The van der Waals surface area contributed by atoms with Crippen LogP contribution >= 0.6 is 0 Å². The standard InChI is InChI=1S/C22H22F3N7O3/c1-34-20-14(22(23,24)25)6-12(7-28-20)18-17-15(2-4-27-18)29-10-30-19(17)31-13-3-5-32(9-13)21(33)16-8-26-11-35-16/h2,4,6-8,11,13,19,29-31H,3,5,9-10H2,1H3. The molecule has 2 aliphatic rings. The fourth-order valence-corrected chi connectivity index (χ4v) is 4.38. The summed E-state index contributed by atoms with van der Waals surface area (Å²) < 4.78 is 50.7. The first-order valence-electron chi connectivity index (χ1n) is 10.9. The number of hydrogen-bond acceptors (Lipinski definition) is 9. The summed E-state index contributed by atoms with van der Waals surface area (Å²) in [6.45, 7) is 1.42. The number of oxazole rings is 1. The zero-order chi connectivity index (χ0) is 24.6. The predicted octanol–water partition coefficient (Wildman–Crippen LogP) is 2.63. The predicted molar refractivity (Wildman–Crippen MR) is 117 cm³/mol. The van der Waals surface area contributed by atoms with Gasteiger partial charge in [0.05, 0.1) is 31.8 Å². The van der Waals surface area contributed by atoms with E-state index in [0.29, 0.717) is 37.4 Å². The number of carbonyl (C=O) groups excluding carboxylic acids is 1. The van der Waals surface area contributed by atoms with E-state index in [0.717, 1.165) is 18.9 Å². The molecule has 5 heterocycles. The average Bonchev–Trinajstić information content (AvgIpc) is 3.55. The van der Waals surface area contributed by atoms with Crippen molar-refractivity contribution in [2.24, 2.45) is 0 Å². The van der Waals surface area contributed by atoms with Gasteiger partial charge in [0.25, 0.3) is 5.91 Å². The van der Waals surface area contributed by atoms with Gasteiger partial charge in [0.2, 0.25) is 11.6 Å². The Labute approximate surface area is 197 Å². The molecule has 2 aliphatic heterocycles. The van der Waals surface area contributed by atoms with Gasteiger partial charge in [-0.15, -0.1) is 0 Å². The van der Waals surface area contributed by atoms with Crippen LogP contribution in [0.4, 0.5) is 18.9 Å². The largest absolute Gasteiger partial charge is 0.481 e. The number of aromatic nitrogens is 3. The van der Waals surface area contributed by atoms with E-state index >= 15 is 0 Å². The van der Waals surface area contributed by atoms with Crippen LogP contribution in [0.1, 0.15) is 34.3 Å². The molecule has 0 radical (unpaired) electrons. The van der Waals surface area contributed by atoms with E-state index < -0.39 is 23.8 Å². The van der Waals surface area contributed by atoms with Crippen molar-refractivity contribution >= 4 is 11.6 Å². The molecule has 3 aromatic rings. The number of likely N-dealkylation sites (tertiary alicyclic amines) is 1. The van der Waals surface area contributed by atoms with E-state index in [1.807, 2.05) is 0 Å². The maximum Gasteiger partial charge on any atom is 0.421 e. The third-order valence-corrected chi connectivity index (χ3v) is 6.01. The van der Waals surface area contributed by atoms with Gasteiger partial charge in [-0.1, -0.05) is 0 Å². The maximum atomic E-state index is 13.6. The molecule has 0 bridgehead atoms. The molecule has 5 rings (SSSR count). The van der Waals surface area contributed by atoms with Crippen LogP contribution in [0.15, 0.2) is 41.5 Å². The molecule has 35 heavy (non-hydrogen) atoms. The van der Waals surface area contributed by atoms with Gasteiger partial charge < -0.3 is 19.4 Å². The number of pyridine rings is 2. The summed E-state index contributed by atoms with van der Waals surface area (Å²) in [7, 11) is 1.14. The lowest BCUT2D eigenvalue weighted by atomic mass is 10.00. The monoisotopic (exact) mass is 489 g/mol. The smallest absolute Gasteiger partial charge is 0.421 e. The van der Waals surface area contributed by atoms with Crippen LogP contribution in [0.25, 0.3) is 11.3 Å². The molecule has 0 aromatic carbocycles. The highest BCUT2D eigenvalue weighted by Gasteiger charge is 2.37. The molecular weight excluding hydrogens is 467 g/mol. The number of nitrogens with one attached hydrogen (secondary N) is 3. The first-order chi connectivity index (χ1) is 16.8. The number of nitrogens with zero attached hydrogens (tertiary/aromatic N) is 4. The third-order valence-electron chi connectivity index (χ3n) is 6.01. The van der Waals surface area contributed by atoms with Crippen LogP contribution in [0.5, 0.6) is 5.88 Å². The van der Waals surface area contributed by atoms with Crippen LogP contribution in [0, 0.1) is 0 Å². The zero-order valence-electron chi connectivity index (χ0n) is 18.6. The molecular formula is C22H22F3N7O3. The quantitative estimate of drug-likeness (QED) is 0.497. The third kappa shape index (κ3) is 4.51. The molecule has 0 saturated carbocycles. The van der Waals surface area contributed by atoms with Crippen LogP contribution in [-0.2, 0) is 6.18 Å². The molecule has 2 unspecified atom stereocenters. The van der Waals surface area contributed by atoms with Gasteiger partial charge in [-0.2, -0.15) is 13.2 Å². The summed E-state index contributed by atoms with van der Waals surface area (Å²) in [5, 5.41) is 9.97. The molecule has 0 aliphatic carbocycles. The van der Waals surface area contributed by atoms with E-state index in [9.17, 15) is 18.0 Å². The van der Waals surface area contributed by atoms with Gasteiger partial charge in [0.1, 0.15) is 5.56 Å². The number of amides is 1. The van der Waals surface area contributed by atoms with E-state index in [1.165, 1.54) is 25.0 Å². The molecule has 1 fully saturated rings. The van der Waals surface area contributed by atoms with Crippen molar-refractivity contribution in [1.82, 2.24) is 30.5 Å². The number of rotatable bonds is 5. The summed E-state index contributed by atoms with van der Waals surface area (Å²) in [5.74, 6) is -0.564. The number of hydrogen-bond donors (Lipinski definition) is 3. The van der Waals surface area contributed by atoms with Crippen molar-refractivity contribution in [2.75, 3.05) is 32.2 Å². The molecule has 184 valence electrons. The molecule has 13 heteroatoms. The van der Waals surface area contributed by atoms with Crippen molar-refractivity contribution in [3.8, 4) is 17.1 Å². The molecule has 0 spiro atoms. The fourth-order valence-electron chi connectivity index (χ4n) is 4.38. The Bertz CT molecular complexity index is 1220. The lowest BCUT2D eigenvalue weighted by Crippen LogP contribution is -2.46. The summed E-state index contributed by atoms with van der Waals surface area (Å²) in [5.41, 5.74) is 0.992. The van der Waals surface area contributed by atoms with E-state index in [2.05, 4.69) is 30.9 Å². The highest BCUT2D eigenvalue weighted by Crippen LogP contribution is 2.39. The Balaban J connectivity index is 1.42. The minimum Gasteiger partial charge on any atom is -0.481 e. The number of ether oxygens (including phenoxy) is 1. The van der Waals surface area contributed by atoms with Crippen LogP contribution in [0.3, 0.4) is 0 Å². The normalized spacial score (nSPS) is 19.8. The SMILES string of the molecule is COc1ncc(-c2nccc3c2C(NC2CCN(C(=O)c4cnco4)C2)NCN3)cc1C(F)(F)F. The Kier molecular flexibility index (Phi) is 6.03. The molecule has 3 N–H and O–H groups in total. The summed E-state index contributed by atoms with van der Waals surface area (Å²) in [6, 6.07) is 2.70. The lowest BCUT2D eigenvalue weighted by Gasteiger charge is -2.32. The van der Waals surface area contributed by atoms with Gasteiger partial charge in [-0.05, 0) is 18.6 Å². The highest BCUT2D eigenvalue weighted by molar-refractivity contribution is 5.91. The Morgan fingerprint density at radius 2 is 2.17 bits per heavy atom. The Hall–Kier alpha value is -3.71. The Morgan fingerprint density at radius 3 is 2.91 bits per heavy atom. The highest BCUT2D eigenvalue weighted by atomic mass is 19.4. The first-order valence-corrected chi connectivity index (χ1v) is 10.9. The fraction of sp³-hybridized carbons (Fsp3) is 0.364. The molecule has 2 atom stereocenters.